The third kappa shape index (κ3) is 6.58. The van der Waals surface area contributed by atoms with Crippen LogP contribution in [-0.4, -0.2) is 43.6 Å². The summed E-state index contributed by atoms with van der Waals surface area (Å²) in [6.07, 6.45) is 3.91. The van der Waals surface area contributed by atoms with Gasteiger partial charge in [0.1, 0.15) is 5.75 Å². The Labute approximate surface area is 148 Å². The molecule has 1 amide bonds. The lowest BCUT2D eigenvalue weighted by atomic mass is 10.1. The Hall–Kier alpha value is -0.970. The van der Waals surface area contributed by atoms with E-state index in [0.717, 1.165) is 6.54 Å². The predicted molar refractivity (Wildman–Crippen MR) is 94.4 cm³/mol. The van der Waals surface area contributed by atoms with Crippen LogP contribution in [0.1, 0.15) is 26.2 Å². The number of ether oxygens (including phenoxy) is 1. The molecule has 6 heteroatoms. The molecule has 128 valence electrons. The van der Waals surface area contributed by atoms with Gasteiger partial charge in [0.2, 0.25) is 0 Å². The van der Waals surface area contributed by atoms with E-state index in [-0.39, 0.29) is 12.5 Å². The number of carbonyl (C=O) groups excluding carboxylic acids is 1. The summed E-state index contributed by atoms with van der Waals surface area (Å²) in [5.74, 6) is 0.703. The molecular formula is C17H24Cl2N2O2. The normalized spacial score (nSPS) is 16.8. The molecule has 23 heavy (non-hydrogen) atoms. The average molecular weight is 359 g/mol. The summed E-state index contributed by atoms with van der Waals surface area (Å²) in [6, 6.07) is 4.94. The van der Waals surface area contributed by atoms with Gasteiger partial charge < -0.3 is 15.0 Å². The molecule has 0 aliphatic carbocycles. The van der Waals surface area contributed by atoms with Gasteiger partial charge in [-0.1, -0.05) is 36.5 Å². The van der Waals surface area contributed by atoms with E-state index in [1.807, 2.05) is 0 Å². The number of likely N-dealkylation sites (tertiary alicyclic amines) is 1. The van der Waals surface area contributed by atoms with Crippen LogP contribution in [0.5, 0.6) is 5.75 Å². The topological polar surface area (TPSA) is 41.6 Å². The number of nitrogens with zero attached hydrogens (tertiary/aromatic N) is 1. The standard InChI is InChI=1S/C17H24Cl2N2O2/c1-13(11-21-7-3-2-4-8-21)10-20-17(22)12-23-16-9-14(18)5-6-15(16)19/h5-6,9,13H,2-4,7-8,10-12H2,1H3,(H,20,22). The van der Waals surface area contributed by atoms with Crippen LogP contribution in [0, 0.1) is 5.92 Å². The maximum Gasteiger partial charge on any atom is 0.257 e. The minimum absolute atomic E-state index is 0.0590. The molecule has 4 nitrogen and oxygen atoms in total. The van der Waals surface area contributed by atoms with Gasteiger partial charge in [0.15, 0.2) is 6.61 Å². The van der Waals surface area contributed by atoms with Crippen molar-refractivity contribution in [2.24, 2.45) is 5.92 Å². The molecule has 0 spiro atoms. The van der Waals surface area contributed by atoms with Crippen molar-refractivity contribution in [1.82, 2.24) is 10.2 Å². The molecule has 1 saturated heterocycles. The summed E-state index contributed by atoms with van der Waals surface area (Å²) in [7, 11) is 0. The van der Waals surface area contributed by atoms with Crippen molar-refractivity contribution in [1.29, 1.82) is 0 Å². The highest BCUT2D eigenvalue weighted by Crippen LogP contribution is 2.27. The maximum atomic E-state index is 11.9. The van der Waals surface area contributed by atoms with Crippen LogP contribution in [-0.2, 0) is 4.79 Å². The highest BCUT2D eigenvalue weighted by molar-refractivity contribution is 6.34. The van der Waals surface area contributed by atoms with Crippen LogP contribution < -0.4 is 10.1 Å². The van der Waals surface area contributed by atoms with Crippen molar-refractivity contribution >= 4 is 29.1 Å². The van der Waals surface area contributed by atoms with Crippen LogP contribution in [0.3, 0.4) is 0 Å². The molecular weight excluding hydrogens is 335 g/mol. The van der Waals surface area contributed by atoms with Crippen molar-refractivity contribution < 1.29 is 9.53 Å². The Balaban J connectivity index is 1.67. The number of nitrogens with one attached hydrogen (secondary N) is 1. The summed E-state index contributed by atoms with van der Waals surface area (Å²) in [4.78, 5) is 14.4. The number of halogens is 2. The molecule has 1 aliphatic heterocycles. The summed E-state index contributed by atoms with van der Waals surface area (Å²) in [5.41, 5.74) is 0. The number of amides is 1. The fraction of sp³-hybridized carbons (Fsp3) is 0.588. The molecule has 1 N–H and O–H groups in total. The van der Waals surface area contributed by atoms with E-state index in [1.165, 1.54) is 32.4 Å². The number of rotatable bonds is 7. The third-order valence-corrected chi connectivity index (χ3v) is 4.47. The zero-order chi connectivity index (χ0) is 16.7. The first kappa shape index (κ1) is 18.4. The molecule has 0 aromatic heterocycles. The fourth-order valence-electron chi connectivity index (χ4n) is 2.72. The molecule has 1 heterocycles. The smallest absolute Gasteiger partial charge is 0.257 e. The van der Waals surface area contributed by atoms with E-state index < -0.39 is 0 Å². The van der Waals surface area contributed by atoms with Crippen molar-refractivity contribution in [2.75, 3.05) is 32.8 Å². The lowest BCUT2D eigenvalue weighted by molar-refractivity contribution is -0.123. The van der Waals surface area contributed by atoms with E-state index >= 15 is 0 Å². The molecule has 0 radical (unpaired) electrons. The number of carbonyl (C=O) groups is 1. The van der Waals surface area contributed by atoms with Crippen LogP contribution in [0.25, 0.3) is 0 Å². The van der Waals surface area contributed by atoms with E-state index in [1.54, 1.807) is 18.2 Å². The monoisotopic (exact) mass is 358 g/mol. The van der Waals surface area contributed by atoms with Gasteiger partial charge in [-0.05, 0) is 44.0 Å². The molecule has 2 rings (SSSR count). The number of piperidine rings is 1. The number of hydrogen-bond acceptors (Lipinski definition) is 3. The zero-order valence-electron chi connectivity index (χ0n) is 13.5. The third-order valence-electron chi connectivity index (χ3n) is 3.92. The Morgan fingerprint density at radius 2 is 2.04 bits per heavy atom. The SMILES string of the molecule is CC(CNC(=O)COc1cc(Cl)ccc1Cl)CN1CCCCC1. The Morgan fingerprint density at radius 1 is 1.30 bits per heavy atom. The lowest BCUT2D eigenvalue weighted by Crippen LogP contribution is -2.39. The summed E-state index contributed by atoms with van der Waals surface area (Å²) in [6.45, 7) is 6.13. The Bertz CT molecular complexity index is 519. The second-order valence-electron chi connectivity index (χ2n) is 6.13. The summed E-state index contributed by atoms with van der Waals surface area (Å²) < 4.78 is 5.42. The zero-order valence-corrected chi connectivity index (χ0v) is 15.0. The maximum absolute atomic E-state index is 11.9. The van der Waals surface area contributed by atoms with Crippen LogP contribution in [0.15, 0.2) is 18.2 Å². The van der Waals surface area contributed by atoms with Crippen molar-refractivity contribution in [3.63, 3.8) is 0 Å². The molecule has 1 atom stereocenters. The van der Waals surface area contributed by atoms with Crippen molar-refractivity contribution in [3.8, 4) is 5.75 Å². The van der Waals surface area contributed by atoms with Gasteiger partial charge >= 0.3 is 0 Å². The van der Waals surface area contributed by atoms with Gasteiger partial charge in [-0.2, -0.15) is 0 Å². The average Bonchev–Trinajstić information content (AvgIpc) is 2.54. The number of hydrogen-bond donors (Lipinski definition) is 1. The highest BCUT2D eigenvalue weighted by Gasteiger charge is 2.14. The first-order valence-electron chi connectivity index (χ1n) is 8.11. The quantitative estimate of drug-likeness (QED) is 0.809. The Kier molecular flexibility index (Phi) is 7.47. The van der Waals surface area contributed by atoms with Crippen LogP contribution in [0.2, 0.25) is 10.0 Å². The Morgan fingerprint density at radius 3 is 2.78 bits per heavy atom. The lowest BCUT2D eigenvalue weighted by Gasteiger charge is -2.29. The van der Waals surface area contributed by atoms with Crippen LogP contribution in [0.4, 0.5) is 0 Å². The second kappa shape index (κ2) is 9.36. The van der Waals surface area contributed by atoms with Gasteiger partial charge in [0.25, 0.3) is 5.91 Å². The molecule has 1 unspecified atom stereocenters. The molecule has 1 aliphatic rings. The van der Waals surface area contributed by atoms with Gasteiger partial charge in [0.05, 0.1) is 5.02 Å². The molecule has 0 bridgehead atoms. The predicted octanol–water partition coefficient (Wildman–Crippen LogP) is 3.61. The molecule has 0 saturated carbocycles. The molecule has 1 aromatic rings. The summed E-state index contributed by atoms with van der Waals surface area (Å²) in [5, 5.41) is 3.88. The minimum atomic E-state index is -0.147. The van der Waals surface area contributed by atoms with Gasteiger partial charge in [-0.3, -0.25) is 4.79 Å². The van der Waals surface area contributed by atoms with Crippen molar-refractivity contribution in [3.05, 3.63) is 28.2 Å². The fourth-order valence-corrected chi connectivity index (χ4v) is 3.05. The van der Waals surface area contributed by atoms with E-state index in [0.29, 0.717) is 28.3 Å². The minimum Gasteiger partial charge on any atom is -0.482 e. The number of benzene rings is 1. The molecule has 1 fully saturated rings. The van der Waals surface area contributed by atoms with Crippen LogP contribution >= 0.6 is 23.2 Å². The van der Waals surface area contributed by atoms with E-state index in [2.05, 4.69) is 17.1 Å². The van der Waals surface area contributed by atoms with Gasteiger partial charge in [0, 0.05) is 24.2 Å². The van der Waals surface area contributed by atoms with E-state index in [9.17, 15) is 4.79 Å². The van der Waals surface area contributed by atoms with Crippen molar-refractivity contribution in [2.45, 2.75) is 26.2 Å². The van der Waals surface area contributed by atoms with Gasteiger partial charge in [-0.25, -0.2) is 0 Å². The largest absolute Gasteiger partial charge is 0.482 e. The molecule has 1 aromatic carbocycles. The first-order chi connectivity index (χ1) is 11.0. The summed E-state index contributed by atoms with van der Waals surface area (Å²) >= 11 is 11.9. The highest BCUT2D eigenvalue weighted by atomic mass is 35.5. The van der Waals surface area contributed by atoms with E-state index in [4.69, 9.17) is 27.9 Å². The second-order valence-corrected chi connectivity index (χ2v) is 6.98. The first-order valence-corrected chi connectivity index (χ1v) is 8.87. The van der Waals surface area contributed by atoms with Gasteiger partial charge in [-0.15, -0.1) is 0 Å².